The molecule has 1 aliphatic carbocycles. The molecule has 1 heterocycles. The van der Waals surface area contributed by atoms with Crippen molar-refractivity contribution in [1.82, 2.24) is 10.2 Å². The first-order valence-electron chi connectivity index (χ1n) is 5.90. The number of ether oxygens (including phenoxy) is 1. The molecule has 3 nitrogen and oxygen atoms in total. The number of benzene rings is 1. The zero-order chi connectivity index (χ0) is 11.1. The highest BCUT2D eigenvalue weighted by Gasteiger charge is 2.37. The van der Waals surface area contributed by atoms with Crippen LogP contribution in [-0.4, -0.2) is 38.2 Å². The highest BCUT2D eigenvalue weighted by Crippen LogP contribution is 2.38. The maximum absolute atomic E-state index is 5.32. The van der Waals surface area contributed by atoms with Gasteiger partial charge in [0, 0.05) is 19.1 Å². The standard InChI is InChI=1S/C13H18N2O/c1-15-6-5-14-12-7-9-3-4-10(16-2)8-11(9)13(12)15/h3-4,8,12-14H,5-7H2,1-2H3. The molecule has 3 heteroatoms. The molecule has 0 spiro atoms. The van der Waals surface area contributed by atoms with Crippen molar-refractivity contribution in [3.05, 3.63) is 29.3 Å². The van der Waals surface area contributed by atoms with Crippen LogP contribution in [0.2, 0.25) is 0 Å². The summed E-state index contributed by atoms with van der Waals surface area (Å²) in [6.07, 6.45) is 1.15. The first kappa shape index (κ1) is 10.1. The second-order valence-electron chi connectivity index (χ2n) is 4.75. The molecule has 1 aromatic carbocycles. The number of rotatable bonds is 1. The van der Waals surface area contributed by atoms with Crippen LogP contribution in [0.1, 0.15) is 17.2 Å². The smallest absolute Gasteiger partial charge is 0.119 e. The third kappa shape index (κ3) is 1.43. The molecule has 1 N–H and O–H groups in total. The van der Waals surface area contributed by atoms with Gasteiger partial charge in [0.1, 0.15) is 5.75 Å². The zero-order valence-electron chi connectivity index (χ0n) is 9.86. The molecule has 2 atom stereocenters. The van der Waals surface area contributed by atoms with Gasteiger partial charge >= 0.3 is 0 Å². The van der Waals surface area contributed by atoms with Gasteiger partial charge in [0.2, 0.25) is 0 Å². The summed E-state index contributed by atoms with van der Waals surface area (Å²) in [5.41, 5.74) is 2.91. The van der Waals surface area contributed by atoms with Crippen LogP contribution in [0.5, 0.6) is 5.75 Å². The van der Waals surface area contributed by atoms with Gasteiger partial charge in [-0.1, -0.05) is 6.07 Å². The van der Waals surface area contributed by atoms with Gasteiger partial charge in [-0.15, -0.1) is 0 Å². The van der Waals surface area contributed by atoms with Crippen molar-refractivity contribution in [3.8, 4) is 5.75 Å². The van der Waals surface area contributed by atoms with E-state index in [4.69, 9.17) is 4.74 Å². The summed E-state index contributed by atoms with van der Waals surface area (Å²) in [5, 5.41) is 3.61. The first-order valence-corrected chi connectivity index (χ1v) is 5.90. The van der Waals surface area contributed by atoms with E-state index >= 15 is 0 Å². The second kappa shape index (κ2) is 3.75. The van der Waals surface area contributed by atoms with Gasteiger partial charge in [-0.2, -0.15) is 0 Å². The highest BCUT2D eigenvalue weighted by molar-refractivity contribution is 5.43. The fraction of sp³-hybridized carbons (Fsp3) is 0.538. The van der Waals surface area contributed by atoms with E-state index in [1.165, 1.54) is 11.1 Å². The number of nitrogens with one attached hydrogen (secondary N) is 1. The molecule has 1 fully saturated rings. The topological polar surface area (TPSA) is 24.5 Å². The Morgan fingerprint density at radius 3 is 3.12 bits per heavy atom. The number of nitrogens with zero attached hydrogens (tertiary/aromatic N) is 1. The Kier molecular flexibility index (Phi) is 2.37. The van der Waals surface area contributed by atoms with E-state index in [2.05, 4.69) is 35.5 Å². The van der Waals surface area contributed by atoms with E-state index in [-0.39, 0.29) is 0 Å². The van der Waals surface area contributed by atoms with Crippen LogP contribution >= 0.6 is 0 Å². The van der Waals surface area contributed by atoms with E-state index in [0.717, 1.165) is 25.3 Å². The maximum Gasteiger partial charge on any atom is 0.119 e. The summed E-state index contributed by atoms with van der Waals surface area (Å²) >= 11 is 0. The van der Waals surface area contributed by atoms with Crippen molar-refractivity contribution in [2.75, 3.05) is 27.2 Å². The van der Waals surface area contributed by atoms with E-state index in [1.54, 1.807) is 7.11 Å². The summed E-state index contributed by atoms with van der Waals surface area (Å²) in [5.74, 6) is 0.971. The maximum atomic E-state index is 5.32. The quantitative estimate of drug-likeness (QED) is 0.766. The molecule has 0 bridgehead atoms. The number of likely N-dealkylation sites (N-methyl/N-ethyl adjacent to an activating group) is 1. The van der Waals surface area contributed by atoms with Crippen molar-refractivity contribution >= 4 is 0 Å². The molecule has 1 aliphatic heterocycles. The lowest BCUT2D eigenvalue weighted by Gasteiger charge is -2.36. The van der Waals surface area contributed by atoms with Gasteiger partial charge in [0.25, 0.3) is 0 Å². The summed E-state index contributed by atoms with van der Waals surface area (Å²) in [7, 11) is 3.95. The zero-order valence-corrected chi connectivity index (χ0v) is 9.86. The Bertz CT molecular complexity index is 405. The van der Waals surface area contributed by atoms with Crippen LogP contribution < -0.4 is 10.1 Å². The van der Waals surface area contributed by atoms with Gasteiger partial charge in [0.15, 0.2) is 0 Å². The molecule has 1 aromatic rings. The average Bonchev–Trinajstić information content (AvgIpc) is 2.67. The molecular weight excluding hydrogens is 200 g/mol. The van der Waals surface area contributed by atoms with Crippen LogP contribution in [0, 0.1) is 0 Å². The predicted octanol–water partition coefficient (Wildman–Crippen LogP) is 1.20. The molecule has 86 valence electrons. The van der Waals surface area contributed by atoms with E-state index in [1.807, 2.05) is 0 Å². The number of piperazine rings is 1. The molecule has 0 radical (unpaired) electrons. The average molecular weight is 218 g/mol. The largest absolute Gasteiger partial charge is 0.497 e. The summed E-state index contributed by atoms with van der Waals surface area (Å²) in [6, 6.07) is 7.58. The Morgan fingerprint density at radius 1 is 1.44 bits per heavy atom. The Hall–Kier alpha value is -1.06. The van der Waals surface area contributed by atoms with Gasteiger partial charge in [-0.3, -0.25) is 4.90 Å². The number of methoxy groups -OCH3 is 1. The highest BCUT2D eigenvalue weighted by atomic mass is 16.5. The van der Waals surface area contributed by atoms with E-state index < -0.39 is 0 Å². The SMILES string of the molecule is COc1ccc2c(c1)C1C(C2)NCCN1C. The molecule has 0 amide bonds. The molecule has 0 aromatic heterocycles. The second-order valence-corrected chi connectivity index (χ2v) is 4.75. The molecule has 1 saturated heterocycles. The van der Waals surface area contributed by atoms with Crippen molar-refractivity contribution in [1.29, 1.82) is 0 Å². The van der Waals surface area contributed by atoms with Crippen molar-refractivity contribution in [2.24, 2.45) is 0 Å². The minimum atomic E-state index is 0.527. The molecular formula is C13H18N2O. The van der Waals surface area contributed by atoms with Crippen LogP contribution in [0.25, 0.3) is 0 Å². The van der Waals surface area contributed by atoms with E-state index in [0.29, 0.717) is 12.1 Å². The van der Waals surface area contributed by atoms with Gasteiger partial charge in [-0.25, -0.2) is 0 Å². The predicted molar refractivity (Wildman–Crippen MR) is 63.9 cm³/mol. The Morgan fingerprint density at radius 2 is 2.31 bits per heavy atom. The van der Waals surface area contributed by atoms with Gasteiger partial charge in [0.05, 0.1) is 13.2 Å². The lowest BCUT2D eigenvalue weighted by Crippen LogP contribution is -2.49. The minimum Gasteiger partial charge on any atom is -0.497 e. The van der Waals surface area contributed by atoms with E-state index in [9.17, 15) is 0 Å². The monoisotopic (exact) mass is 218 g/mol. The number of fused-ring (bicyclic) bond motifs is 3. The van der Waals surface area contributed by atoms with Crippen molar-refractivity contribution < 1.29 is 4.74 Å². The first-order chi connectivity index (χ1) is 7.79. The van der Waals surface area contributed by atoms with Gasteiger partial charge < -0.3 is 10.1 Å². The number of hydrogen-bond donors (Lipinski definition) is 1. The minimum absolute atomic E-state index is 0.527. The lowest BCUT2D eigenvalue weighted by molar-refractivity contribution is 0.163. The van der Waals surface area contributed by atoms with Crippen LogP contribution in [0.3, 0.4) is 0 Å². The fourth-order valence-corrected chi connectivity index (χ4v) is 3.02. The normalized spacial score (nSPS) is 28.6. The van der Waals surface area contributed by atoms with Crippen LogP contribution in [0.4, 0.5) is 0 Å². The number of hydrogen-bond acceptors (Lipinski definition) is 3. The fourth-order valence-electron chi connectivity index (χ4n) is 3.02. The van der Waals surface area contributed by atoms with Crippen molar-refractivity contribution in [3.63, 3.8) is 0 Å². The molecule has 2 unspecified atom stereocenters. The third-order valence-electron chi connectivity index (χ3n) is 3.84. The molecule has 16 heavy (non-hydrogen) atoms. The summed E-state index contributed by atoms with van der Waals surface area (Å²) < 4.78 is 5.32. The van der Waals surface area contributed by atoms with Gasteiger partial charge in [-0.05, 0) is 36.7 Å². The molecule has 2 aliphatic rings. The van der Waals surface area contributed by atoms with Crippen LogP contribution in [0.15, 0.2) is 18.2 Å². The molecule has 3 rings (SSSR count). The molecule has 0 saturated carbocycles. The Balaban J connectivity index is 2.01. The third-order valence-corrected chi connectivity index (χ3v) is 3.84. The summed E-state index contributed by atoms with van der Waals surface area (Å²) in [6.45, 7) is 2.22. The lowest BCUT2D eigenvalue weighted by atomic mass is 10.0. The van der Waals surface area contributed by atoms with Crippen molar-refractivity contribution in [2.45, 2.75) is 18.5 Å². The summed E-state index contributed by atoms with van der Waals surface area (Å²) in [4.78, 5) is 2.45. The van der Waals surface area contributed by atoms with Crippen LogP contribution in [-0.2, 0) is 6.42 Å². The Labute approximate surface area is 96.4 Å².